The average molecular weight is 270 g/mol. The number of benzene rings is 2. The van der Waals surface area contributed by atoms with Crippen LogP contribution < -0.4 is 4.74 Å². The molecule has 0 saturated heterocycles. The van der Waals surface area contributed by atoms with Gasteiger partial charge in [0, 0.05) is 6.07 Å². The van der Waals surface area contributed by atoms with Gasteiger partial charge in [-0.2, -0.15) is 0 Å². The van der Waals surface area contributed by atoms with Crippen LogP contribution in [-0.2, 0) is 0 Å². The fourth-order valence-corrected chi connectivity index (χ4v) is 3.37. The van der Waals surface area contributed by atoms with E-state index in [0.29, 0.717) is 17.6 Å². The van der Waals surface area contributed by atoms with E-state index in [9.17, 15) is 4.39 Å². The van der Waals surface area contributed by atoms with E-state index in [1.165, 1.54) is 11.6 Å². The standard InChI is InChI=1S/C18H19FO/c1-12-10-16(13-6-4-3-5-7-13)18(12)15-9-8-14(20-2)11-17(15)19/h3-9,11-12,16,18H,10H2,1-2H3. The molecule has 3 rings (SSSR count). The lowest BCUT2D eigenvalue weighted by molar-refractivity contribution is 0.222. The Morgan fingerprint density at radius 1 is 1.10 bits per heavy atom. The summed E-state index contributed by atoms with van der Waals surface area (Å²) in [5.74, 6) is 1.64. The third kappa shape index (κ3) is 2.20. The van der Waals surface area contributed by atoms with Gasteiger partial charge in [0.15, 0.2) is 0 Å². The minimum atomic E-state index is -0.151. The third-order valence-corrected chi connectivity index (χ3v) is 4.47. The van der Waals surface area contributed by atoms with E-state index in [4.69, 9.17) is 4.74 Å². The van der Waals surface area contributed by atoms with E-state index < -0.39 is 0 Å². The number of ether oxygens (including phenoxy) is 1. The van der Waals surface area contributed by atoms with Crippen LogP contribution in [0.2, 0.25) is 0 Å². The van der Waals surface area contributed by atoms with Crippen molar-refractivity contribution in [3.63, 3.8) is 0 Å². The van der Waals surface area contributed by atoms with Gasteiger partial charge in [-0.15, -0.1) is 0 Å². The molecule has 0 aromatic heterocycles. The molecule has 3 atom stereocenters. The second-order valence-electron chi connectivity index (χ2n) is 5.64. The van der Waals surface area contributed by atoms with Crippen LogP contribution >= 0.6 is 0 Å². The molecule has 1 aliphatic carbocycles. The van der Waals surface area contributed by atoms with Gasteiger partial charge in [-0.25, -0.2) is 4.39 Å². The second-order valence-corrected chi connectivity index (χ2v) is 5.64. The molecule has 104 valence electrons. The largest absolute Gasteiger partial charge is 0.497 e. The summed E-state index contributed by atoms with van der Waals surface area (Å²) in [6.07, 6.45) is 1.13. The van der Waals surface area contributed by atoms with Crippen molar-refractivity contribution in [1.82, 2.24) is 0 Å². The van der Waals surface area contributed by atoms with Crippen LogP contribution in [0.3, 0.4) is 0 Å². The molecule has 1 nitrogen and oxygen atoms in total. The lowest BCUT2D eigenvalue weighted by Crippen LogP contribution is -2.31. The van der Waals surface area contributed by atoms with Crippen molar-refractivity contribution < 1.29 is 9.13 Å². The van der Waals surface area contributed by atoms with E-state index >= 15 is 0 Å². The zero-order valence-corrected chi connectivity index (χ0v) is 11.8. The first-order valence-electron chi connectivity index (χ1n) is 7.09. The van der Waals surface area contributed by atoms with Gasteiger partial charge in [-0.1, -0.05) is 43.3 Å². The maximum atomic E-state index is 14.3. The normalized spacial score (nSPS) is 25.1. The van der Waals surface area contributed by atoms with Gasteiger partial charge in [0.1, 0.15) is 11.6 Å². The first-order valence-corrected chi connectivity index (χ1v) is 7.09. The summed E-state index contributed by atoms with van der Waals surface area (Å²) in [5.41, 5.74) is 2.13. The molecule has 1 saturated carbocycles. The van der Waals surface area contributed by atoms with Crippen LogP contribution in [0.15, 0.2) is 48.5 Å². The van der Waals surface area contributed by atoms with E-state index in [1.54, 1.807) is 7.11 Å². The number of halogens is 1. The van der Waals surface area contributed by atoms with Gasteiger partial charge < -0.3 is 4.74 Å². The highest BCUT2D eigenvalue weighted by molar-refractivity contribution is 5.37. The van der Waals surface area contributed by atoms with Gasteiger partial charge >= 0.3 is 0 Å². The first-order chi connectivity index (χ1) is 9.70. The molecule has 0 bridgehead atoms. The minimum Gasteiger partial charge on any atom is -0.497 e. The molecule has 0 radical (unpaired) electrons. The van der Waals surface area contributed by atoms with Crippen LogP contribution in [0, 0.1) is 11.7 Å². The Labute approximate surface area is 119 Å². The summed E-state index contributed by atoms with van der Waals surface area (Å²) in [6, 6.07) is 15.6. The summed E-state index contributed by atoms with van der Waals surface area (Å²) < 4.78 is 19.4. The minimum absolute atomic E-state index is 0.151. The van der Waals surface area contributed by atoms with Crippen LogP contribution in [0.1, 0.15) is 36.3 Å². The molecule has 0 aliphatic heterocycles. The Bertz CT molecular complexity index is 594. The highest BCUT2D eigenvalue weighted by atomic mass is 19.1. The van der Waals surface area contributed by atoms with E-state index in [1.807, 2.05) is 18.2 Å². The number of rotatable bonds is 3. The molecule has 0 spiro atoms. The molecule has 1 aliphatic rings. The van der Waals surface area contributed by atoms with E-state index in [0.717, 1.165) is 12.0 Å². The highest BCUT2D eigenvalue weighted by Gasteiger charge is 2.41. The van der Waals surface area contributed by atoms with Gasteiger partial charge in [0.05, 0.1) is 7.11 Å². The number of hydrogen-bond donors (Lipinski definition) is 0. The van der Waals surface area contributed by atoms with Crippen molar-refractivity contribution >= 4 is 0 Å². The Morgan fingerprint density at radius 3 is 2.45 bits per heavy atom. The lowest BCUT2D eigenvalue weighted by Gasteiger charge is -2.44. The van der Waals surface area contributed by atoms with Crippen LogP contribution in [0.4, 0.5) is 4.39 Å². The van der Waals surface area contributed by atoms with E-state index in [-0.39, 0.29) is 11.7 Å². The Morgan fingerprint density at radius 2 is 1.85 bits per heavy atom. The molecule has 20 heavy (non-hydrogen) atoms. The highest BCUT2D eigenvalue weighted by Crippen LogP contribution is 2.53. The second kappa shape index (κ2) is 5.28. The molecule has 2 aromatic carbocycles. The molecular formula is C18H19FO. The summed E-state index contributed by atoms with van der Waals surface area (Å²) in [4.78, 5) is 0. The monoisotopic (exact) mass is 270 g/mol. The van der Waals surface area contributed by atoms with Crippen molar-refractivity contribution in [2.24, 2.45) is 5.92 Å². The maximum absolute atomic E-state index is 14.3. The van der Waals surface area contributed by atoms with Crippen molar-refractivity contribution in [2.75, 3.05) is 7.11 Å². The predicted molar refractivity (Wildman–Crippen MR) is 78.7 cm³/mol. The van der Waals surface area contributed by atoms with Gasteiger partial charge in [-0.3, -0.25) is 0 Å². The Hall–Kier alpha value is -1.83. The third-order valence-electron chi connectivity index (χ3n) is 4.47. The quantitative estimate of drug-likeness (QED) is 0.782. The van der Waals surface area contributed by atoms with Crippen molar-refractivity contribution in [3.05, 3.63) is 65.5 Å². The summed E-state index contributed by atoms with van der Waals surface area (Å²) >= 11 is 0. The van der Waals surface area contributed by atoms with Crippen molar-refractivity contribution in [1.29, 1.82) is 0 Å². The predicted octanol–water partition coefficient (Wildman–Crippen LogP) is 4.74. The molecule has 3 unspecified atom stereocenters. The van der Waals surface area contributed by atoms with Crippen LogP contribution in [0.5, 0.6) is 5.75 Å². The number of methoxy groups -OCH3 is 1. The molecule has 1 fully saturated rings. The van der Waals surface area contributed by atoms with Crippen molar-refractivity contribution in [2.45, 2.75) is 25.2 Å². The fourth-order valence-electron chi connectivity index (χ4n) is 3.37. The SMILES string of the molecule is COc1ccc(C2C(C)CC2c2ccccc2)c(F)c1. The summed E-state index contributed by atoms with van der Waals surface area (Å²) in [7, 11) is 1.56. The number of hydrogen-bond acceptors (Lipinski definition) is 1. The molecule has 2 heteroatoms. The average Bonchev–Trinajstić information content (AvgIpc) is 2.47. The summed E-state index contributed by atoms with van der Waals surface area (Å²) in [5, 5.41) is 0. The first kappa shape index (κ1) is 13.2. The topological polar surface area (TPSA) is 9.23 Å². The van der Waals surface area contributed by atoms with Crippen molar-refractivity contribution in [3.8, 4) is 5.75 Å². The molecule has 0 heterocycles. The van der Waals surface area contributed by atoms with Gasteiger partial charge in [0.2, 0.25) is 0 Å². The smallest absolute Gasteiger partial charge is 0.130 e. The zero-order chi connectivity index (χ0) is 14.1. The van der Waals surface area contributed by atoms with Gasteiger partial charge in [-0.05, 0) is 41.4 Å². The zero-order valence-electron chi connectivity index (χ0n) is 11.8. The Balaban J connectivity index is 1.92. The molecule has 0 N–H and O–H groups in total. The van der Waals surface area contributed by atoms with Gasteiger partial charge in [0.25, 0.3) is 0 Å². The van der Waals surface area contributed by atoms with Crippen LogP contribution in [-0.4, -0.2) is 7.11 Å². The molecular weight excluding hydrogens is 251 g/mol. The Kier molecular flexibility index (Phi) is 3.47. The van der Waals surface area contributed by atoms with Crippen LogP contribution in [0.25, 0.3) is 0 Å². The fraction of sp³-hybridized carbons (Fsp3) is 0.333. The van der Waals surface area contributed by atoms with E-state index in [2.05, 4.69) is 31.2 Å². The maximum Gasteiger partial charge on any atom is 0.130 e. The molecule has 2 aromatic rings. The lowest BCUT2D eigenvalue weighted by atomic mass is 9.60. The molecule has 0 amide bonds. The summed E-state index contributed by atoms with van der Waals surface area (Å²) in [6.45, 7) is 2.20.